The summed E-state index contributed by atoms with van der Waals surface area (Å²) < 4.78 is 0. The van der Waals surface area contributed by atoms with Crippen molar-refractivity contribution in [2.45, 2.75) is 19.8 Å². The van der Waals surface area contributed by atoms with E-state index in [2.05, 4.69) is 5.32 Å². The molecule has 0 aliphatic heterocycles. The molecule has 0 heterocycles. The van der Waals surface area contributed by atoms with E-state index in [9.17, 15) is 14.4 Å². The summed E-state index contributed by atoms with van der Waals surface area (Å²) in [7, 11) is 0. The van der Waals surface area contributed by atoms with Crippen molar-refractivity contribution in [1.82, 2.24) is 0 Å². The zero-order valence-corrected chi connectivity index (χ0v) is 11.6. The highest BCUT2D eigenvalue weighted by Crippen LogP contribution is 2.21. The second-order valence-electron chi connectivity index (χ2n) is 4.51. The lowest BCUT2D eigenvalue weighted by Gasteiger charge is -2.10. The minimum atomic E-state index is -0.945. The second-order valence-corrected chi connectivity index (χ2v) is 4.92. The van der Waals surface area contributed by atoms with E-state index in [-0.39, 0.29) is 35.3 Å². The van der Waals surface area contributed by atoms with Crippen LogP contribution in [0.4, 0.5) is 5.69 Å². The van der Waals surface area contributed by atoms with Crippen LogP contribution in [0.15, 0.2) is 18.2 Å². The van der Waals surface area contributed by atoms with E-state index >= 15 is 0 Å². The van der Waals surface area contributed by atoms with Gasteiger partial charge in [0.25, 0.3) is 0 Å². The van der Waals surface area contributed by atoms with Crippen molar-refractivity contribution in [2.24, 2.45) is 11.7 Å². The van der Waals surface area contributed by atoms with Crippen molar-refractivity contribution in [3.05, 3.63) is 28.8 Å². The quantitative estimate of drug-likeness (QED) is 0.744. The fourth-order valence-electron chi connectivity index (χ4n) is 1.69. The molecule has 1 aromatic carbocycles. The van der Waals surface area contributed by atoms with Gasteiger partial charge >= 0.3 is 5.97 Å². The highest BCUT2D eigenvalue weighted by Gasteiger charge is 2.13. The lowest BCUT2D eigenvalue weighted by Crippen LogP contribution is -2.17. The van der Waals surface area contributed by atoms with Gasteiger partial charge in [0.2, 0.25) is 11.8 Å². The number of amides is 2. The van der Waals surface area contributed by atoms with Gasteiger partial charge in [-0.1, -0.05) is 18.5 Å². The Balaban J connectivity index is 2.65. The molecule has 0 fully saturated rings. The molecular formula is C13H15ClN2O4. The molecule has 6 nitrogen and oxygen atoms in total. The molecule has 0 bridgehead atoms. The number of primary amides is 1. The van der Waals surface area contributed by atoms with Crippen molar-refractivity contribution in [3.63, 3.8) is 0 Å². The molecule has 108 valence electrons. The molecule has 1 aromatic rings. The predicted molar refractivity (Wildman–Crippen MR) is 74.6 cm³/mol. The Morgan fingerprint density at radius 2 is 2.00 bits per heavy atom. The number of hydrogen-bond acceptors (Lipinski definition) is 3. The van der Waals surface area contributed by atoms with Crippen LogP contribution in [0, 0.1) is 5.92 Å². The zero-order chi connectivity index (χ0) is 15.3. The number of carbonyl (C=O) groups excluding carboxylic acids is 2. The molecule has 20 heavy (non-hydrogen) atoms. The van der Waals surface area contributed by atoms with Gasteiger partial charge in [-0.15, -0.1) is 0 Å². The molecule has 0 saturated carbocycles. The normalized spacial score (nSPS) is 11.7. The van der Waals surface area contributed by atoms with Crippen LogP contribution in [-0.2, 0) is 9.59 Å². The summed E-state index contributed by atoms with van der Waals surface area (Å²) in [5.41, 5.74) is 5.71. The van der Waals surface area contributed by atoms with Crippen LogP contribution in [0.1, 0.15) is 30.1 Å². The van der Waals surface area contributed by atoms with E-state index in [0.29, 0.717) is 5.69 Å². The summed E-state index contributed by atoms with van der Waals surface area (Å²) in [6.45, 7) is 1.68. The summed E-state index contributed by atoms with van der Waals surface area (Å²) in [6, 6.07) is 4.34. The van der Waals surface area contributed by atoms with Crippen LogP contribution >= 0.6 is 11.6 Å². The molecule has 0 saturated heterocycles. The van der Waals surface area contributed by atoms with Gasteiger partial charge in [0.15, 0.2) is 0 Å². The highest BCUT2D eigenvalue weighted by atomic mass is 35.5. The number of halogens is 1. The lowest BCUT2D eigenvalue weighted by atomic mass is 10.0. The SMILES string of the molecule is CC(CC(=O)O)CC(=O)Nc1ccc(C(N)=O)c(Cl)c1. The molecule has 0 aliphatic rings. The number of hydrogen-bond donors (Lipinski definition) is 3. The van der Waals surface area contributed by atoms with Gasteiger partial charge in [-0.3, -0.25) is 14.4 Å². The van der Waals surface area contributed by atoms with Gasteiger partial charge in [0.1, 0.15) is 0 Å². The van der Waals surface area contributed by atoms with Crippen LogP contribution in [0.3, 0.4) is 0 Å². The first-order valence-electron chi connectivity index (χ1n) is 5.90. The van der Waals surface area contributed by atoms with Crippen LogP contribution in [-0.4, -0.2) is 22.9 Å². The lowest BCUT2D eigenvalue weighted by molar-refractivity contribution is -0.138. The number of nitrogens with one attached hydrogen (secondary N) is 1. The number of carbonyl (C=O) groups is 3. The summed E-state index contributed by atoms with van der Waals surface area (Å²) in [6.07, 6.45) is 0.0102. The maximum Gasteiger partial charge on any atom is 0.303 e. The first kappa shape index (κ1) is 16.0. The highest BCUT2D eigenvalue weighted by molar-refractivity contribution is 6.34. The molecule has 0 radical (unpaired) electrons. The van der Waals surface area contributed by atoms with Crippen LogP contribution in [0.2, 0.25) is 5.02 Å². The maximum atomic E-state index is 11.7. The average Bonchev–Trinajstić information content (AvgIpc) is 2.26. The number of benzene rings is 1. The Labute approximate surface area is 120 Å². The first-order valence-corrected chi connectivity index (χ1v) is 6.28. The smallest absolute Gasteiger partial charge is 0.303 e. The summed E-state index contributed by atoms with van der Waals surface area (Å²) >= 11 is 5.85. The standard InChI is InChI=1S/C13H15ClN2O4/c1-7(5-12(18)19)4-11(17)16-8-2-3-9(13(15)20)10(14)6-8/h2-3,6-7H,4-5H2,1H3,(H2,15,20)(H,16,17)(H,18,19). The van der Waals surface area contributed by atoms with Crippen LogP contribution in [0.25, 0.3) is 0 Å². The molecule has 0 aliphatic carbocycles. The predicted octanol–water partition coefficient (Wildman–Crippen LogP) is 1.88. The average molecular weight is 299 g/mol. The minimum Gasteiger partial charge on any atom is -0.481 e. The van der Waals surface area contributed by atoms with E-state index in [1.165, 1.54) is 18.2 Å². The fraction of sp³-hybridized carbons (Fsp3) is 0.308. The number of aliphatic carboxylic acids is 1. The molecule has 1 rings (SSSR count). The molecule has 4 N–H and O–H groups in total. The van der Waals surface area contributed by atoms with E-state index in [1.807, 2.05) is 0 Å². The third-order valence-corrected chi connectivity index (χ3v) is 2.89. The third-order valence-electron chi connectivity index (χ3n) is 2.58. The second kappa shape index (κ2) is 6.91. The van der Waals surface area contributed by atoms with E-state index < -0.39 is 11.9 Å². The van der Waals surface area contributed by atoms with Gasteiger partial charge in [-0.05, 0) is 24.1 Å². The van der Waals surface area contributed by atoms with E-state index in [4.69, 9.17) is 22.4 Å². The van der Waals surface area contributed by atoms with Crippen molar-refractivity contribution in [1.29, 1.82) is 0 Å². The van der Waals surface area contributed by atoms with Gasteiger partial charge in [0.05, 0.1) is 10.6 Å². The molecule has 1 atom stereocenters. The Hall–Kier alpha value is -2.08. The Morgan fingerprint density at radius 3 is 2.50 bits per heavy atom. The molecule has 7 heteroatoms. The van der Waals surface area contributed by atoms with Gasteiger partial charge in [0, 0.05) is 18.5 Å². The Kier molecular flexibility index (Phi) is 5.52. The summed E-state index contributed by atoms with van der Waals surface area (Å²) in [4.78, 5) is 33.2. The maximum absolute atomic E-state index is 11.7. The monoisotopic (exact) mass is 298 g/mol. The summed E-state index contributed by atoms with van der Waals surface area (Å²) in [5.74, 6) is -2.18. The number of carboxylic acids is 1. The molecule has 0 aromatic heterocycles. The Bertz CT molecular complexity index is 545. The van der Waals surface area contributed by atoms with E-state index in [1.54, 1.807) is 6.92 Å². The molecule has 1 unspecified atom stereocenters. The zero-order valence-electron chi connectivity index (χ0n) is 10.9. The molecule has 0 spiro atoms. The minimum absolute atomic E-state index is 0.0746. The third kappa shape index (κ3) is 4.89. The molecule has 2 amide bonds. The first-order chi connectivity index (χ1) is 9.29. The van der Waals surface area contributed by atoms with Crippen molar-refractivity contribution in [2.75, 3.05) is 5.32 Å². The number of rotatable bonds is 6. The van der Waals surface area contributed by atoms with Crippen molar-refractivity contribution >= 4 is 35.1 Å². The van der Waals surface area contributed by atoms with E-state index in [0.717, 1.165) is 0 Å². The van der Waals surface area contributed by atoms with Crippen molar-refractivity contribution in [3.8, 4) is 0 Å². The van der Waals surface area contributed by atoms with Crippen LogP contribution in [0.5, 0.6) is 0 Å². The largest absolute Gasteiger partial charge is 0.481 e. The Morgan fingerprint density at radius 1 is 1.35 bits per heavy atom. The number of anilines is 1. The fourth-order valence-corrected chi connectivity index (χ4v) is 1.97. The van der Waals surface area contributed by atoms with Gasteiger partial charge < -0.3 is 16.2 Å². The van der Waals surface area contributed by atoms with Gasteiger partial charge in [-0.25, -0.2) is 0 Å². The van der Waals surface area contributed by atoms with Crippen LogP contribution < -0.4 is 11.1 Å². The topological polar surface area (TPSA) is 109 Å². The van der Waals surface area contributed by atoms with Gasteiger partial charge in [-0.2, -0.15) is 0 Å². The number of nitrogens with two attached hydrogens (primary N) is 1. The summed E-state index contributed by atoms with van der Waals surface area (Å²) in [5, 5.41) is 11.3. The molecular weight excluding hydrogens is 284 g/mol. The number of carboxylic acid groups (broad SMARTS) is 1. The van der Waals surface area contributed by atoms with Crippen molar-refractivity contribution < 1.29 is 19.5 Å².